The highest BCUT2D eigenvalue weighted by Gasteiger charge is 2.41. The summed E-state index contributed by atoms with van der Waals surface area (Å²) in [5.74, 6) is -1.36. The van der Waals surface area contributed by atoms with E-state index in [-0.39, 0.29) is 18.7 Å². The van der Waals surface area contributed by atoms with E-state index in [2.05, 4.69) is 27.9 Å². The second kappa shape index (κ2) is 5.87. The first-order valence-electron chi connectivity index (χ1n) is 5.93. The van der Waals surface area contributed by atoms with E-state index >= 15 is 0 Å². The Bertz CT molecular complexity index is 497. The van der Waals surface area contributed by atoms with Crippen LogP contribution in [0.5, 0.6) is 0 Å². The Hall–Kier alpha value is -1.15. The maximum Gasteiger partial charge on any atom is 0.329 e. The van der Waals surface area contributed by atoms with E-state index in [1.165, 1.54) is 0 Å². The number of halogens is 1. The SMILES string of the molecule is O=C(NC1(C(=O)O)CCOCC1)c1cccc(I)c1. The van der Waals surface area contributed by atoms with Gasteiger partial charge in [0, 0.05) is 35.2 Å². The van der Waals surface area contributed by atoms with Crippen molar-refractivity contribution in [2.45, 2.75) is 18.4 Å². The molecule has 1 aliphatic heterocycles. The first-order chi connectivity index (χ1) is 9.03. The number of hydrogen-bond donors (Lipinski definition) is 2. The first kappa shape index (κ1) is 14.3. The molecular weight excluding hydrogens is 361 g/mol. The molecule has 0 aliphatic carbocycles. The number of carboxylic acid groups (broad SMARTS) is 1. The van der Waals surface area contributed by atoms with Gasteiger partial charge in [0.15, 0.2) is 0 Å². The molecule has 19 heavy (non-hydrogen) atoms. The van der Waals surface area contributed by atoms with Crippen LogP contribution in [-0.2, 0) is 9.53 Å². The summed E-state index contributed by atoms with van der Waals surface area (Å²) in [7, 11) is 0. The summed E-state index contributed by atoms with van der Waals surface area (Å²) in [6.45, 7) is 0.692. The van der Waals surface area contributed by atoms with Gasteiger partial charge < -0.3 is 15.2 Å². The van der Waals surface area contributed by atoms with Crippen LogP contribution >= 0.6 is 22.6 Å². The molecule has 0 saturated carbocycles. The zero-order valence-corrected chi connectivity index (χ0v) is 12.3. The van der Waals surface area contributed by atoms with Gasteiger partial charge in [-0.3, -0.25) is 4.79 Å². The third-order valence-electron chi connectivity index (χ3n) is 3.20. The number of carbonyl (C=O) groups excluding carboxylic acids is 1. The molecule has 2 rings (SSSR count). The minimum Gasteiger partial charge on any atom is -0.480 e. The molecule has 1 fully saturated rings. The van der Waals surface area contributed by atoms with Crippen LogP contribution in [0.3, 0.4) is 0 Å². The Kier molecular flexibility index (Phi) is 4.41. The highest BCUT2D eigenvalue weighted by atomic mass is 127. The monoisotopic (exact) mass is 375 g/mol. The minimum atomic E-state index is -1.21. The zero-order valence-electron chi connectivity index (χ0n) is 10.2. The van der Waals surface area contributed by atoms with Crippen LogP contribution in [-0.4, -0.2) is 35.7 Å². The maximum absolute atomic E-state index is 12.2. The normalized spacial score (nSPS) is 17.7. The van der Waals surface area contributed by atoms with Gasteiger partial charge in [-0.15, -0.1) is 0 Å². The zero-order chi connectivity index (χ0) is 13.9. The minimum absolute atomic E-state index is 0.290. The molecular formula is C13H14INO4. The summed E-state index contributed by atoms with van der Waals surface area (Å²) in [5, 5.41) is 12.0. The van der Waals surface area contributed by atoms with E-state index < -0.39 is 11.5 Å². The molecule has 0 atom stereocenters. The van der Waals surface area contributed by atoms with Crippen molar-refractivity contribution in [3.05, 3.63) is 33.4 Å². The lowest BCUT2D eigenvalue weighted by Crippen LogP contribution is -2.57. The molecule has 1 heterocycles. The molecule has 102 valence electrons. The number of benzene rings is 1. The van der Waals surface area contributed by atoms with Crippen LogP contribution in [0.2, 0.25) is 0 Å². The predicted octanol–water partition coefficient (Wildman–Crippen LogP) is 1.65. The molecule has 6 heteroatoms. The molecule has 1 aromatic rings. The van der Waals surface area contributed by atoms with Crippen molar-refractivity contribution < 1.29 is 19.4 Å². The standard InChI is InChI=1S/C13H14INO4/c14-10-3-1-2-9(8-10)11(16)15-13(12(17)18)4-6-19-7-5-13/h1-3,8H,4-7H2,(H,15,16)(H,17,18). The summed E-state index contributed by atoms with van der Waals surface area (Å²) in [5.41, 5.74) is -0.740. The summed E-state index contributed by atoms with van der Waals surface area (Å²) in [6, 6.07) is 7.05. The third-order valence-corrected chi connectivity index (χ3v) is 3.87. The Morgan fingerprint density at radius 3 is 2.58 bits per heavy atom. The van der Waals surface area contributed by atoms with Gasteiger partial charge >= 0.3 is 5.97 Å². The number of nitrogens with one attached hydrogen (secondary N) is 1. The molecule has 1 aliphatic rings. The number of amides is 1. The van der Waals surface area contributed by atoms with Crippen LogP contribution in [0.1, 0.15) is 23.2 Å². The Labute approximate surface area is 124 Å². The first-order valence-corrected chi connectivity index (χ1v) is 7.01. The number of carbonyl (C=O) groups is 2. The molecule has 0 spiro atoms. The largest absolute Gasteiger partial charge is 0.480 e. The fraction of sp³-hybridized carbons (Fsp3) is 0.385. The van der Waals surface area contributed by atoms with E-state index in [9.17, 15) is 14.7 Å². The van der Waals surface area contributed by atoms with Crippen LogP contribution in [0.4, 0.5) is 0 Å². The molecule has 5 nitrogen and oxygen atoms in total. The highest BCUT2D eigenvalue weighted by Crippen LogP contribution is 2.22. The Balaban J connectivity index is 2.18. The van der Waals surface area contributed by atoms with E-state index in [4.69, 9.17) is 4.74 Å². The average Bonchev–Trinajstić information content (AvgIpc) is 2.39. The number of rotatable bonds is 3. The van der Waals surface area contributed by atoms with E-state index in [0.29, 0.717) is 18.8 Å². The topological polar surface area (TPSA) is 75.6 Å². The van der Waals surface area contributed by atoms with Crippen molar-refractivity contribution in [3.63, 3.8) is 0 Å². The lowest BCUT2D eigenvalue weighted by Gasteiger charge is -2.33. The maximum atomic E-state index is 12.2. The van der Waals surface area contributed by atoms with Gasteiger partial charge in [-0.1, -0.05) is 6.07 Å². The smallest absolute Gasteiger partial charge is 0.329 e. The molecule has 0 radical (unpaired) electrons. The van der Waals surface area contributed by atoms with Crippen molar-refractivity contribution in [3.8, 4) is 0 Å². The molecule has 1 amide bonds. The van der Waals surface area contributed by atoms with Gasteiger partial charge in [0.05, 0.1) is 0 Å². The fourth-order valence-corrected chi connectivity index (χ4v) is 2.57. The summed E-state index contributed by atoms with van der Waals surface area (Å²) >= 11 is 2.11. The summed E-state index contributed by atoms with van der Waals surface area (Å²) in [4.78, 5) is 23.6. The molecule has 1 saturated heterocycles. The average molecular weight is 375 g/mol. The molecule has 0 aromatic heterocycles. The van der Waals surface area contributed by atoms with Gasteiger partial charge in [0.25, 0.3) is 5.91 Å². The van der Waals surface area contributed by atoms with E-state index in [1.54, 1.807) is 18.2 Å². The van der Waals surface area contributed by atoms with Crippen molar-refractivity contribution in [1.82, 2.24) is 5.32 Å². The molecule has 1 aromatic carbocycles. The van der Waals surface area contributed by atoms with Crippen molar-refractivity contribution >= 4 is 34.5 Å². The van der Waals surface area contributed by atoms with Crippen LogP contribution in [0.15, 0.2) is 24.3 Å². The predicted molar refractivity (Wildman–Crippen MR) is 77.0 cm³/mol. The second-order valence-corrected chi connectivity index (χ2v) is 5.71. The number of aliphatic carboxylic acids is 1. The number of carboxylic acids is 1. The van der Waals surface area contributed by atoms with Gasteiger partial charge in [0.1, 0.15) is 5.54 Å². The lowest BCUT2D eigenvalue weighted by molar-refractivity contribution is -0.148. The second-order valence-electron chi connectivity index (χ2n) is 4.46. The van der Waals surface area contributed by atoms with Crippen LogP contribution in [0, 0.1) is 3.57 Å². The molecule has 0 bridgehead atoms. The van der Waals surface area contributed by atoms with Gasteiger partial charge in [-0.05, 0) is 40.8 Å². The lowest BCUT2D eigenvalue weighted by atomic mass is 9.89. The van der Waals surface area contributed by atoms with Gasteiger partial charge in [-0.2, -0.15) is 0 Å². The van der Waals surface area contributed by atoms with Crippen LogP contribution in [0.25, 0.3) is 0 Å². The van der Waals surface area contributed by atoms with Crippen molar-refractivity contribution in [2.75, 3.05) is 13.2 Å². The van der Waals surface area contributed by atoms with Crippen molar-refractivity contribution in [1.29, 1.82) is 0 Å². The number of ether oxygens (including phenoxy) is 1. The van der Waals surface area contributed by atoms with Gasteiger partial charge in [-0.25, -0.2) is 4.79 Å². The summed E-state index contributed by atoms with van der Waals surface area (Å²) < 4.78 is 6.10. The molecule has 0 unspecified atom stereocenters. The van der Waals surface area contributed by atoms with Crippen molar-refractivity contribution in [2.24, 2.45) is 0 Å². The Morgan fingerprint density at radius 1 is 1.32 bits per heavy atom. The Morgan fingerprint density at radius 2 is 2.00 bits per heavy atom. The highest BCUT2D eigenvalue weighted by molar-refractivity contribution is 14.1. The van der Waals surface area contributed by atoms with Gasteiger partial charge in [0.2, 0.25) is 0 Å². The van der Waals surface area contributed by atoms with E-state index in [1.807, 2.05) is 6.07 Å². The number of hydrogen-bond acceptors (Lipinski definition) is 3. The summed E-state index contributed by atoms with van der Waals surface area (Å²) in [6.07, 6.45) is 0.579. The van der Waals surface area contributed by atoms with Crippen LogP contribution < -0.4 is 5.32 Å². The fourth-order valence-electron chi connectivity index (χ4n) is 2.03. The molecule has 2 N–H and O–H groups in total. The van der Waals surface area contributed by atoms with E-state index in [0.717, 1.165) is 3.57 Å². The third kappa shape index (κ3) is 3.24. The quantitative estimate of drug-likeness (QED) is 0.788.